The number of piperazine rings is 1. The van der Waals surface area contributed by atoms with Gasteiger partial charge in [0.05, 0.1) is 0 Å². The van der Waals surface area contributed by atoms with Crippen LogP contribution in [0.1, 0.15) is 12.5 Å². The van der Waals surface area contributed by atoms with Gasteiger partial charge >= 0.3 is 0 Å². The molecule has 0 aromatic heterocycles. The Hall–Kier alpha value is -1.07. The number of hydrogen-bond acceptors (Lipinski definition) is 2. The maximum atomic E-state index is 13.5. The highest BCUT2D eigenvalue weighted by Gasteiger charge is 2.20. The summed E-state index contributed by atoms with van der Waals surface area (Å²) in [4.78, 5) is 2.05. The Morgan fingerprint density at radius 3 is 2.65 bits per heavy atom. The lowest BCUT2D eigenvalue weighted by molar-refractivity contribution is 0.163. The minimum atomic E-state index is -1.14. The first-order chi connectivity index (χ1) is 8.08. The maximum Gasteiger partial charge on any atom is 0.161 e. The topological polar surface area (TPSA) is 15.3 Å². The van der Waals surface area contributed by atoms with Crippen LogP contribution in [0.5, 0.6) is 0 Å². The molecule has 1 N–H and O–H groups in total. The van der Waals surface area contributed by atoms with Gasteiger partial charge in [0, 0.05) is 43.9 Å². The van der Waals surface area contributed by atoms with Crippen LogP contribution in [0.25, 0.3) is 0 Å². The number of rotatable bonds is 2. The van der Waals surface area contributed by atoms with Gasteiger partial charge in [-0.3, -0.25) is 4.90 Å². The minimum Gasteiger partial charge on any atom is -0.314 e. The summed E-state index contributed by atoms with van der Waals surface area (Å²) < 4.78 is 39.3. The van der Waals surface area contributed by atoms with Crippen LogP contribution in [0.3, 0.4) is 0 Å². The van der Waals surface area contributed by atoms with Crippen LogP contribution >= 0.6 is 0 Å². The Kier molecular flexibility index (Phi) is 3.69. The SMILES string of the molecule is C[C@H]1CNCCN1Cc1cc(F)c(F)cc1F. The van der Waals surface area contributed by atoms with E-state index in [0.717, 1.165) is 25.7 Å². The van der Waals surface area contributed by atoms with E-state index < -0.39 is 17.5 Å². The van der Waals surface area contributed by atoms with Gasteiger partial charge in [-0.05, 0) is 13.0 Å². The van der Waals surface area contributed by atoms with Crippen LogP contribution < -0.4 is 5.32 Å². The minimum absolute atomic E-state index is 0.206. The quantitative estimate of drug-likeness (QED) is 0.799. The van der Waals surface area contributed by atoms with Crippen molar-refractivity contribution in [1.29, 1.82) is 0 Å². The number of halogens is 3. The number of benzene rings is 1. The molecule has 1 heterocycles. The van der Waals surface area contributed by atoms with Crippen molar-refractivity contribution < 1.29 is 13.2 Å². The fraction of sp³-hybridized carbons (Fsp3) is 0.500. The summed E-state index contributed by atoms with van der Waals surface area (Å²) in [6.07, 6.45) is 0. The van der Waals surface area contributed by atoms with Gasteiger partial charge in [0.15, 0.2) is 11.6 Å². The number of hydrogen-bond donors (Lipinski definition) is 1. The van der Waals surface area contributed by atoms with E-state index in [0.29, 0.717) is 12.6 Å². The van der Waals surface area contributed by atoms with Gasteiger partial charge in [-0.15, -0.1) is 0 Å². The predicted molar refractivity (Wildman–Crippen MR) is 59.1 cm³/mol. The van der Waals surface area contributed by atoms with Crippen molar-refractivity contribution in [2.24, 2.45) is 0 Å². The first-order valence-corrected chi connectivity index (χ1v) is 5.66. The summed E-state index contributed by atoms with van der Waals surface area (Å²) in [6.45, 7) is 4.76. The highest BCUT2D eigenvalue weighted by molar-refractivity contribution is 5.20. The molecule has 1 atom stereocenters. The van der Waals surface area contributed by atoms with Crippen LogP contribution in [0, 0.1) is 17.5 Å². The van der Waals surface area contributed by atoms with Crippen molar-refractivity contribution in [1.82, 2.24) is 10.2 Å². The third kappa shape index (κ3) is 2.79. The summed E-state index contributed by atoms with van der Waals surface area (Å²) in [5, 5.41) is 3.22. The van der Waals surface area contributed by atoms with E-state index in [9.17, 15) is 13.2 Å². The zero-order chi connectivity index (χ0) is 12.4. The van der Waals surface area contributed by atoms with Gasteiger partial charge in [-0.2, -0.15) is 0 Å². The van der Waals surface area contributed by atoms with E-state index in [4.69, 9.17) is 0 Å². The Balaban J connectivity index is 2.15. The normalized spacial score (nSPS) is 21.8. The Bertz CT molecular complexity index is 409. The molecule has 0 unspecified atom stereocenters. The van der Waals surface area contributed by atoms with Crippen molar-refractivity contribution in [2.45, 2.75) is 19.5 Å². The number of nitrogens with zero attached hydrogens (tertiary/aromatic N) is 1. The molecule has 5 heteroatoms. The van der Waals surface area contributed by atoms with Gasteiger partial charge in [-0.25, -0.2) is 13.2 Å². The molecular formula is C12H15F3N2. The Labute approximate surface area is 98.4 Å². The molecule has 0 aliphatic carbocycles. The third-order valence-corrected chi connectivity index (χ3v) is 3.10. The number of nitrogens with one attached hydrogen (secondary N) is 1. The van der Waals surface area contributed by atoms with E-state index >= 15 is 0 Å². The van der Waals surface area contributed by atoms with E-state index in [1.54, 1.807) is 0 Å². The molecule has 1 saturated heterocycles. The molecule has 2 nitrogen and oxygen atoms in total. The fourth-order valence-corrected chi connectivity index (χ4v) is 2.02. The molecule has 1 aromatic carbocycles. The summed E-state index contributed by atoms with van der Waals surface area (Å²) in [5.41, 5.74) is 0.206. The van der Waals surface area contributed by atoms with Gasteiger partial charge in [0.1, 0.15) is 5.82 Å². The highest BCUT2D eigenvalue weighted by atomic mass is 19.2. The molecular weight excluding hydrogens is 229 g/mol. The standard InChI is InChI=1S/C12H15F3N2/c1-8-6-16-2-3-17(8)7-9-4-11(14)12(15)5-10(9)13/h4-5,8,16H,2-3,6-7H2,1H3/t8-/m0/s1. The summed E-state index contributed by atoms with van der Waals surface area (Å²) in [5.74, 6) is -2.82. The van der Waals surface area contributed by atoms with Gasteiger partial charge < -0.3 is 5.32 Å². The van der Waals surface area contributed by atoms with Gasteiger partial charge in [0.2, 0.25) is 0 Å². The lowest BCUT2D eigenvalue weighted by atomic mass is 10.1. The van der Waals surface area contributed by atoms with E-state index in [1.807, 2.05) is 11.8 Å². The van der Waals surface area contributed by atoms with Crippen LogP contribution in [0.15, 0.2) is 12.1 Å². The van der Waals surface area contributed by atoms with Crippen LogP contribution in [0.2, 0.25) is 0 Å². The molecule has 1 aromatic rings. The second-order valence-corrected chi connectivity index (χ2v) is 4.38. The zero-order valence-electron chi connectivity index (χ0n) is 9.64. The van der Waals surface area contributed by atoms with Crippen molar-refractivity contribution in [3.05, 3.63) is 35.1 Å². The molecule has 94 valence electrons. The van der Waals surface area contributed by atoms with Crippen LogP contribution in [-0.4, -0.2) is 30.6 Å². The second kappa shape index (κ2) is 5.06. The molecule has 0 amide bonds. The average Bonchev–Trinajstić information content (AvgIpc) is 2.29. The highest BCUT2D eigenvalue weighted by Crippen LogP contribution is 2.17. The Morgan fingerprint density at radius 1 is 1.24 bits per heavy atom. The predicted octanol–water partition coefficient (Wildman–Crippen LogP) is 1.90. The Morgan fingerprint density at radius 2 is 1.94 bits per heavy atom. The molecule has 0 radical (unpaired) electrons. The van der Waals surface area contributed by atoms with E-state index in [1.165, 1.54) is 0 Å². The van der Waals surface area contributed by atoms with Crippen LogP contribution in [0.4, 0.5) is 13.2 Å². The first-order valence-electron chi connectivity index (χ1n) is 5.66. The van der Waals surface area contributed by atoms with Crippen molar-refractivity contribution in [3.63, 3.8) is 0 Å². The van der Waals surface area contributed by atoms with E-state index in [-0.39, 0.29) is 11.6 Å². The maximum absolute atomic E-state index is 13.5. The van der Waals surface area contributed by atoms with Gasteiger partial charge in [0.25, 0.3) is 0 Å². The summed E-state index contributed by atoms with van der Waals surface area (Å²) >= 11 is 0. The first kappa shape index (κ1) is 12.4. The van der Waals surface area contributed by atoms with Gasteiger partial charge in [-0.1, -0.05) is 0 Å². The lowest BCUT2D eigenvalue weighted by Gasteiger charge is -2.33. The molecule has 1 fully saturated rings. The molecule has 17 heavy (non-hydrogen) atoms. The monoisotopic (exact) mass is 244 g/mol. The molecule has 0 bridgehead atoms. The second-order valence-electron chi connectivity index (χ2n) is 4.38. The molecule has 0 spiro atoms. The smallest absolute Gasteiger partial charge is 0.161 e. The van der Waals surface area contributed by atoms with Crippen molar-refractivity contribution >= 4 is 0 Å². The molecule has 1 aliphatic heterocycles. The summed E-state index contributed by atoms with van der Waals surface area (Å²) in [7, 11) is 0. The fourth-order valence-electron chi connectivity index (χ4n) is 2.02. The van der Waals surface area contributed by atoms with Crippen molar-refractivity contribution in [3.8, 4) is 0 Å². The molecule has 2 rings (SSSR count). The van der Waals surface area contributed by atoms with Crippen LogP contribution in [-0.2, 0) is 6.54 Å². The molecule has 0 saturated carbocycles. The average molecular weight is 244 g/mol. The third-order valence-electron chi connectivity index (χ3n) is 3.10. The van der Waals surface area contributed by atoms with Crippen molar-refractivity contribution in [2.75, 3.05) is 19.6 Å². The van der Waals surface area contributed by atoms with E-state index in [2.05, 4.69) is 5.32 Å². The lowest BCUT2D eigenvalue weighted by Crippen LogP contribution is -2.49. The molecule has 1 aliphatic rings. The largest absolute Gasteiger partial charge is 0.314 e. The summed E-state index contributed by atoms with van der Waals surface area (Å²) in [6, 6.07) is 1.81. The zero-order valence-corrected chi connectivity index (χ0v) is 9.64.